The third kappa shape index (κ3) is 2.88. The maximum absolute atomic E-state index is 6.01. The fourth-order valence-electron chi connectivity index (χ4n) is 1.88. The molecule has 0 aliphatic heterocycles. The molecule has 0 atom stereocenters. The molecule has 1 saturated carbocycles. The van der Waals surface area contributed by atoms with Crippen molar-refractivity contribution in [3.05, 3.63) is 16.7 Å². The van der Waals surface area contributed by atoms with E-state index in [2.05, 4.69) is 32.7 Å². The minimum Gasteiger partial charge on any atom is -0.396 e. The standard InChI is InChI=1S/C12H18BrN3/c1-2-5-16(8-9-3-4-9)12-11(14)6-10(13)7-15-12/h6-7,9H,2-5,8,14H2,1H3. The van der Waals surface area contributed by atoms with E-state index in [4.69, 9.17) is 5.73 Å². The molecular formula is C12H18BrN3. The lowest BCUT2D eigenvalue weighted by atomic mass is 10.3. The molecule has 4 heteroatoms. The van der Waals surface area contributed by atoms with Crippen LogP contribution in [0.15, 0.2) is 16.7 Å². The fourth-order valence-corrected chi connectivity index (χ4v) is 2.23. The first-order valence-electron chi connectivity index (χ1n) is 5.86. The first kappa shape index (κ1) is 11.7. The Balaban J connectivity index is 2.15. The summed E-state index contributed by atoms with van der Waals surface area (Å²) in [4.78, 5) is 6.75. The van der Waals surface area contributed by atoms with Gasteiger partial charge in [0.05, 0.1) is 5.69 Å². The zero-order valence-corrected chi connectivity index (χ0v) is 11.2. The van der Waals surface area contributed by atoms with E-state index in [1.54, 1.807) is 0 Å². The van der Waals surface area contributed by atoms with Crippen LogP contribution >= 0.6 is 15.9 Å². The third-order valence-corrected chi connectivity index (χ3v) is 3.26. The van der Waals surface area contributed by atoms with Crippen molar-refractivity contribution >= 4 is 27.4 Å². The highest BCUT2D eigenvalue weighted by Crippen LogP contribution is 2.32. The summed E-state index contributed by atoms with van der Waals surface area (Å²) in [5, 5.41) is 0. The predicted molar refractivity (Wildman–Crippen MR) is 71.6 cm³/mol. The molecule has 1 aromatic rings. The average Bonchev–Trinajstić information content (AvgIpc) is 3.01. The number of nitrogens with two attached hydrogens (primary N) is 1. The zero-order chi connectivity index (χ0) is 11.5. The highest BCUT2D eigenvalue weighted by molar-refractivity contribution is 9.10. The van der Waals surface area contributed by atoms with Crippen LogP contribution in [0.1, 0.15) is 26.2 Å². The second kappa shape index (κ2) is 5.04. The average molecular weight is 284 g/mol. The summed E-state index contributed by atoms with van der Waals surface area (Å²) in [5.74, 6) is 1.80. The number of aromatic nitrogens is 1. The first-order valence-corrected chi connectivity index (χ1v) is 6.66. The Bertz CT molecular complexity index is 363. The van der Waals surface area contributed by atoms with Crippen molar-refractivity contribution in [1.29, 1.82) is 0 Å². The van der Waals surface area contributed by atoms with E-state index >= 15 is 0 Å². The van der Waals surface area contributed by atoms with Gasteiger partial charge >= 0.3 is 0 Å². The summed E-state index contributed by atoms with van der Waals surface area (Å²) < 4.78 is 0.941. The molecule has 0 amide bonds. The maximum Gasteiger partial charge on any atom is 0.151 e. The van der Waals surface area contributed by atoms with Crippen LogP contribution in [0.25, 0.3) is 0 Å². The molecule has 0 saturated heterocycles. The Hall–Kier alpha value is -0.770. The van der Waals surface area contributed by atoms with E-state index in [1.165, 1.54) is 12.8 Å². The molecule has 16 heavy (non-hydrogen) atoms. The van der Waals surface area contributed by atoms with Crippen LogP contribution in [0.4, 0.5) is 11.5 Å². The van der Waals surface area contributed by atoms with Crippen molar-refractivity contribution < 1.29 is 0 Å². The van der Waals surface area contributed by atoms with Gasteiger partial charge < -0.3 is 10.6 Å². The molecule has 0 radical (unpaired) electrons. The molecule has 88 valence electrons. The van der Waals surface area contributed by atoms with Gasteiger partial charge in [-0.1, -0.05) is 6.92 Å². The molecule has 0 aromatic carbocycles. The number of halogens is 1. The molecule has 3 nitrogen and oxygen atoms in total. The molecule has 0 bridgehead atoms. The van der Waals surface area contributed by atoms with Gasteiger partial charge in [-0.15, -0.1) is 0 Å². The molecule has 1 heterocycles. The van der Waals surface area contributed by atoms with E-state index in [9.17, 15) is 0 Å². The number of nitrogens with zero attached hydrogens (tertiary/aromatic N) is 2. The zero-order valence-electron chi connectivity index (χ0n) is 9.62. The Labute approximate surface area is 105 Å². The van der Waals surface area contributed by atoms with Gasteiger partial charge in [0.15, 0.2) is 5.82 Å². The maximum atomic E-state index is 6.01. The van der Waals surface area contributed by atoms with Gasteiger partial charge in [-0.3, -0.25) is 0 Å². The van der Waals surface area contributed by atoms with Crippen molar-refractivity contribution in [2.45, 2.75) is 26.2 Å². The Morgan fingerprint density at radius 2 is 2.31 bits per heavy atom. The van der Waals surface area contributed by atoms with Gasteiger partial charge in [0.1, 0.15) is 0 Å². The number of pyridine rings is 1. The molecule has 1 aliphatic carbocycles. The summed E-state index contributed by atoms with van der Waals surface area (Å²) in [6, 6.07) is 1.93. The highest BCUT2D eigenvalue weighted by atomic mass is 79.9. The van der Waals surface area contributed by atoms with Gasteiger partial charge in [0.2, 0.25) is 0 Å². The lowest BCUT2D eigenvalue weighted by Crippen LogP contribution is -2.28. The number of hydrogen-bond donors (Lipinski definition) is 1. The summed E-state index contributed by atoms with van der Waals surface area (Å²) >= 11 is 3.39. The Morgan fingerprint density at radius 1 is 1.56 bits per heavy atom. The van der Waals surface area contributed by atoms with Crippen molar-refractivity contribution in [3.63, 3.8) is 0 Å². The van der Waals surface area contributed by atoms with Crippen molar-refractivity contribution in [2.24, 2.45) is 5.92 Å². The highest BCUT2D eigenvalue weighted by Gasteiger charge is 2.25. The third-order valence-electron chi connectivity index (χ3n) is 2.83. The summed E-state index contributed by atoms with van der Waals surface area (Å²) in [6.45, 7) is 4.33. The lowest BCUT2D eigenvalue weighted by Gasteiger charge is -2.24. The van der Waals surface area contributed by atoms with E-state index in [0.29, 0.717) is 0 Å². The number of hydrogen-bond acceptors (Lipinski definition) is 3. The monoisotopic (exact) mass is 283 g/mol. The molecular weight excluding hydrogens is 266 g/mol. The predicted octanol–water partition coefficient (Wildman–Crippen LogP) is 3.05. The van der Waals surface area contributed by atoms with Gasteiger partial charge in [-0.05, 0) is 47.2 Å². The second-order valence-electron chi connectivity index (χ2n) is 4.46. The topological polar surface area (TPSA) is 42.2 Å². The smallest absolute Gasteiger partial charge is 0.151 e. The van der Waals surface area contributed by atoms with Gasteiger partial charge in [0.25, 0.3) is 0 Å². The number of nitrogen functional groups attached to an aromatic ring is 1. The van der Waals surface area contributed by atoms with Crippen LogP contribution < -0.4 is 10.6 Å². The van der Waals surface area contributed by atoms with Gasteiger partial charge in [-0.25, -0.2) is 4.98 Å². The number of anilines is 2. The fraction of sp³-hybridized carbons (Fsp3) is 0.583. The van der Waals surface area contributed by atoms with Gasteiger partial charge in [0, 0.05) is 23.8 Å². The summed E-state index contributed by atoms with van der Waals surface area (Å²) in [5.41, 5.74) is 6.78. The molecule has 0 unspecified atom stereocenters. The van der Waals surface area contributed by atoms with Gasteiger partial charge in [-0.2, -0.15) is 0 Å². The molecule has 1 fully saturated rings. The second-order valence-corrected chi connectivity index (χ2v) is 5.37. The molecule has 2 rings (SSSR count). The first-order chi connectivity index (χ1) is 7.70. The van der Waals surface area contributed by atoms with Crippen molar-refractivity contribution in [1.82, 2.24) is 4.98 Å². The number of rotatable bonds is 5. The minimum atomic E-state index is 0.767. The normalized spacial score (nSPS) is 15.1. The van der Waals surface area contributed by atoms with Crippen LogP contribution in [0.5, 0.6) is 0 Å². The van der Waals surface area contributed by atoms with Crippen molar-refractivity contribution in [2.75, 3.05) is 23.7 Å². The summed E-state index contributed by atoms with van der Waals surface area (Å²) in [6.07, 6.45) is 5.67. The van der Waals surface area contributed by atoms with E-state index in [1.807, 2.05) is 12.3 Å². The van der Waals surface area contributed by atoms with E-state index in [0.717, 1.165) is 41.4 Å². The molecule has 0 spiro atoms. The van der Waals surface area contributed by atoms with E-state index in [-0.39, 0.29) is 0 Å². The molecule has 1 aliphatic rings. The van der Waals surface area contributed by atoms with Crippen LogP contribution in [0.3, 0.4) is 0 Å². The lowest BCUT2D eigenvalue weighted by molar-refractivity contribution is 0.700. The van der Waals surface area contributed by atoms with Crippen LogP contribution in [-0.2, 0) is 0 Å². The SMILES string of the molecule is CCCN(CC1CC1)c1ncc(Br)cc1N. The quantitative estimate of drug-likeness (QED) is 0.903. The summed E-state index contributed by atoms with van der Waals surface area (Å²) in [7, 11) is 0. The Kier molecular flexibility index (Phi) is 3.69. The Morgan fingerprint density at radius 3 is 2.88 bits per heavy atom. The minimum absolute atomic E-state index is 0.767. The molecule has 1 aromatic heterocycles. The van der Waals surface area contributed by atoms with Crippen molar-refractivity contribution in [3.8, 4) is 0 Å². The van der Waals surface area contributed by atoms with Crippen LogP contribution in [0, 0.1) is 5.92 Å². The van der Waals surface area contributed by atoms with Crippen LogP contribution in [-0.4, -0.2) is 18.1 Å². The van der Waals surface area contributed by atoms with Crippen LogP contribution in [0.2, 0.25) is 0 Å². The van der Waals surface area contributed by atoms with E-state index < -0.39 is 0 Å². The largest absolute Gasteiger partial charge is 0.396 e. The molecule has 2 N–H and O–H groups in total.